The highest BCUT2D eigenvalue weighted by molar-refractivity contribution is 5.76. The second-order valence-electron chi connectivity index (χ2n) is 5.86. The molecule has 0 saturated heterocycles. The first-order chi connectivity index (χ1) is 8.18. The van der Waals surface area contributed by atoms with Crippen molar-refractivity contribution in [3.8, 4) is 0 Å². The SMILES string of the molecule is CN(C(=O)CC1CCCCC1N)C1CCCC1. The average Bonchev–Trinajstić information content (AvgIpc) is 2.84. The maximum Gasteiger partial charge on any atom is 0.222 e. The van der Waals surface area contributed by atoms with E-state index < -0.39 is 0 Å². The molecule has 2 rings (SSSR count). The standard InChI is InChI=1S/C14H26N2O/c1-16(12-7-3-4-8-12)14(17)10-11-6-2-5-9-13(11)15/h11-13H,2-10,15H2,1H3. The predicted molar refractivity (Wildman–Crippen MR) is 69.6 cm³/mol. The molecule has 1 amide bonds. The zero-order chi connectivity index (χ0) is 12.3. The molecule has 0 aromatic rings. The van der Waals surface area contributed by atoms with Gasteiger partial charge in [0.1, 0.15) is 0 Å². The van der Waals surface area contributed by atoms with Gasteiger partial charge in [0.15, 0.2) is 0 Å². The summed E-state index contributed by atoms with van der Waals surface area (Å²) >= 11 is 0. The summed E-state index contributed by atoms with van der Waals surface area (Å²) in [6.45, 7) is 0. The normalized spacial score (nSPS) is 30.5. The van der Waals surface area contributed by atoms with Gasteiger partial charge in [-0.1, -0.05) is 25.7 Å². The lowest BCUT2D eigenvalue weighted by atomic mass is 9.82. The maximum atomic E-state index is 12.2. The van der Waals surface area contributed by atoms with Crippen molar-refractivity contribution in [3.05, 3.63) is 0 Å². The summed E-state index contributed by atoms with van der Waals surface area (Å²) < 4.78 is 0. The van der Waals surface area contributed by atoms with Crippen LogP contribution >= 0.6 is 0 Å². The Morgan fingerprint density at radius 3 is 2.35 bits per heavy atom. The van der Waals surface area contributed by atoms with E-state index >= 15 is 0 Å². The first-order valence-corrected chi connectivity index (χ1v) is 7.19. The Morgan fingerprint density at radius 1 is 1.12 bits per heavy atom. The molecule has 0 aliphatic heterocycles. The molecule has 3 nitrogen and oxygen atoms in total. The molecule has 0 radical (unpaired) electrons. The number of nitrogens with two attached hydrogens (primary N) is 1. The monoisotopic (exact) mass is 238 g/mol. The number of carbonyl (C=O) groups excluding carboxylic acids is 1. The highest BCUT2D eigenvalue weighted by atomic mass is 16.2. The largest absolute Gasteiger partial charge is 0.343 e. The van der Waals surface area contributed by atoms with Crippen LogP contribution in [0, 0.1) is 5.92 Å². The van der Waals surface area contributed by atoms with Crippen LogP contribution in [0.3, 0.4) is 0 Å². The summed E-state index contributed by atoms with van der Waals surface area (Å²) in [6.07, 6.45) is 10.4. The molecule has 0 heterocycles. The molecule has 0 aromatic carbocycles. The first kappa shape index (κ1) is 12.9. The Kier molecular flexibility index (Phi) is 4.43. The molecule has 3 heteroatoms. The van der Waals surface area contributed by atoms with Crippen molar-refractivity contribution in [2.75, 3.05) is 7.05 Å². The fourth-order valence-electron chi connectivity index (χ4n) is 3.35. The number of hydrogen-bond acceptors (Lipinski definition) is 2. The van der Waals surface area contributed by atoms with E-state index in [1.54, 1.807) is 0 Å². The molecular formula is C14H26N2O. The quantitative estimate of drug-likeness (QED) is 0.820. The van der Waals surface area contributed by atoms with Crippen molar-refractivity contribution < 1.29 is 4.79 Å². The predicted octanol–water partition coefficient (Wildman–Crippen LogP) is 2.29. The molecule has 0 aromatic heterocycles. The topological polar surface area (TPSA) is 46.3 Å². The minimum Gasteiger partial charge on any atom is -0.343 e. The van der Waals surface area contributed by atoms with Crippen LogP contribution in [0.25, 0.3) is 0 Å². The highest BCUT2D eigenvalue weighted by Gasteiger charge is 2.28. The molecule has 98 valence electrons. The highest BCUT2D eigenvalue weighted by Crippen LogP contribution is 2.28. The smallest absolute Gasteiger partial charge is 0.222 e. The summed E-state index contributed by atoms with van der Waals surface area (Å²) in [7, 11) is 1.98. The second-order valence-corrected chi connectivity index (χ2v) is 5.86. The molecule has 0 bridgehead atoms. The van der Waals surface area contributed by atoms with Crippen molar-refractivity contribution in [3.63, 3.8) is 0 Å². The second kappa shape index (κ2) is 5.85. The van der Waals surface area contributed by atoms with Gasteiger partial charge in [-0.15, -0.1) is 0 Å². The lowest BCUT2D eigenvalue weighted by Crippen LogP contribution is -2.40. The van der Waals surface area contributed by atoms with Crippen LogP contribution in [0.15, 0.2) is 0 Å². The maximum absolute atomic E-state index is 12.2. The van der Waals surface area contributed by atoms with Gasteiger partial charge in [-0.3, -0.25) is 4.79 Å². The lowest BCUT2D eigenvalue weighted by Gasteiger charge is -2.31. The van der Waals surface area contributed by atoms with E-state index in [-0.39, 0.29) is 6.04 Å². The molecule has 17 heavy (non-hydrogen) atoms. The van der Waals surface area contributed by atoms with Crippen molar-refractivity contribution in [1.82, 2.24) is 4.90 Å². The molecular weight excluding hydrogens is 212 g/mol. The van der Waals surface area contributed by atoms with Crippen molar-refractivity contribution in [1.29, 1.82) is 0 Å². The Hall–Kier alpha value is -0.570. The van der Waals surface area contributed by atoms with Crippen LogP contribution in [0.2, 0.25) is 0 Å². The zero-order valence-corrected chi connectivity index (χ0v) is 11.0. The Bertz CT molecular complexity index is 261. The molecule has 2 atom stereocenters. The number of amides is 1. The van der Waals surface area contributed by atoms with Gasteiger partial charge >= 0.3 is 0 Å². The Labute approximate surface area is 105 Å². The third-order valence-electron chi connectivity index (χ3n) is 4.67. The summed E-state index contributed by atoms with van der Waals surface area (Å²) in [4.78, 5) is 14.2. The third-order valence-corrected chi connectivity index (χ3v) is 4.67. The van der Waals surface area contributed by atoms with E-state index in [9.17, 15) is 4.79 Å². The fourth-order valence-corrected chi connectivity index (χ4v) is 3.35. The van der Waals surface area contributed by atoms with Gasteiger partial charge < -0.3 is 10.6 Å². The van der Waals surface area contributed by atoms with E-state index in [1.807, 2.05) is 11.9 Å². The van der Waals surface area contributed by atoms with Crippen LogP contribution in [0.5, 0.6) is 0 Å². The summed E-state index contributed by atoms with van der Waals surface area (Å²) in [6, 6.07) is 0.756. The fraction of sp³-hybridized carbons (Fsp3) is 0.929. The zero-order valence-electron chi connectivity index (χ0n) is 11.0. The summed E-state index contributed by atoms with van der Waals surface area (Å²) in [5, 5.41) is 0. The van der Waals surface area contributed by atoms with Crippen LogP contribution < -0.4 is 5.73 Å². The van der Waals surface area contributed by atoms with Crippen molar-refractivity contribution in [2.24, 2.45) is 11.7 Å². The molecule has 2 fully saturated rings. The first-order valence-electron chi connectivity index (χ1n) is 7.19. The van der Waals surface area contributed by atoms with E-state index in [0.29, 0.717) is 24.3 Å². The average molecular weight is 238 g/mol. The number of hydrogen-bond donors (Lipinski definition) is 1. The van der Waals surface area contributed by atoms with Gasteiger partial charge in [0.25, 0.3) is 0 Å². The summed E-state index contributed by atoms with van der Waals surface area (Å²) in [5.74, 6) is 0.749. The van der Waals surface area contributed by atoms with Gasteiger partial charge in [-0.05, 0) is 31.6 Å². The van der Waals surface area contributed by atoms with E-state index in [0.717, 1.165) is 12.8 Å². The van der Waals surface area contributed by atoms with E-state index in [2.05, 4.69) is 0 Å². The number of rotatable bonds is 3. The Balaban J connectivity index is 1.82. The minimum atomic E-state index is 0.254. The Morgan fingerprint density at radius 2 is 1.71 bits per heavy atom. The van der Waals surface area contributed by atoms with E-state index in [4.69, 9.17) is 5.73 Å². The van der Waals surface area contributed by atoms with Gasteiger partial charge in [0.05, 0.1) is 0 Å². The van der Waals surface area contributed by atoms with Crippen LogP contribution in [-0.2, 0) is 4.79 Å². The summed E-state index contributed by atoms with van der Waals surface area (Å²) in [5.41, 5.74) is 6.11. The van der Waals surface area contributed by atoms with Crippen LogP contribution in [-0.4, -0.2) is 29.9 Å². The van der Waals surface area contributed by atoms with Gasteiger partial charge in [-0.2, -0.15) is 0 Å². The third kappa shape index (κ3) is 3.21. The van der Waals surface area contributed by atoms with Gasteiger partial charge in [0.2, 0.25) is 5.91 Å². The van der Waals surface area contributed by atoms with Gasteiger partial charge in [-0.25, -0.2) is 0 Å². The molecule has 0 spiro atoms. The number of carbonyl (C=O) groups is 1. The molecule has 2 aliphatic rings. The lowest BCUT2D eigenvalue weighted by molar-refractivity contribution is -0.133. The molecule has 2 aliphatic carbocycles. The number of nitrogens with zero attached hydrogens (tertiary/aromatic N) is 1. The molecule has 2 unspecified atom stereocenters. The van der Waals surface area contributed by atoms with Gasteiger partial charge in [0, 0.05) is 25.6 Å². The van der Waals surface area contributed by atoms with Crippen molar-refractivity contribution in [2.45, 2.75) is 69.9 Å². The minimum absolute atomic E-state index is 0.254. The molecule has 2 N–H and O–H groups in total. The molecule has 2 saturated carbocycles. The van der Waals surface area contributed by atoms with Crippen LogP contribution in [0.1, 0.15) is 57.8 Å². The van der Waals surface area contributed by atoms with Crippen molar-refractivity contribution >= 4 is 5.91 Å². The van der Waals surface area contributed by atoms with E-state index in [1.165, 1.54) is 38.5 Å². The van der Waals surface area contributed by atoms with Crippen LogP contribution in [0.4, 0.5) is 0 Å².